The highest BCUT2D eigenvalue weighted by molar-refractivity contribution is 7.19. The fourth-order valence-corrected chi connectivity index (χ4v) is 7.54. The molecule has 3 aromatic rings. The summed E-state index contributed by atoms with van der Waals surface area (Å²) in [6.07, 6.45) is -0.171. The van der Waals surface area contributed by atoms with Crippen LogP contribution in [0.5, 0.6) is 23.0 Å². The SMILES string of the molecule is COCCOCCOCCOCCOCCOCc1c(-c2c(OC)cccc2OC(C)C)sc(-c2c(OC)cccc2OC(C)C)c1COCCOCCOCCOCCOCCOC. The van der Waals surface area contributed by atoms with Gasteiger partial charge >= 0.3 is 0 Å². The van der Waals surface area contributed by atoms with Gasteiger partial charge < -0.3 is 75.8 Å². The summed E-state index contributed by atoms with van der Waals surface area (Å²) in [6, 6.07) is 11.7. The van der Waals surface area contributed by atoms with Gasteiger partial charge in [-0.15, -0.1) is 11.3 Å². The molecule has 0 bridgehead atoms. The predicted molar refractivity (Wildman–Crippen MR) is 249 cm³/mol. The summed E-state index contributed by atoms with van der Waals surface area (Å²) in [5.74, 6) is 2.72. The van der Waals surface area contributed by atoms with Crippen molar-refractivity contribution in [1.29, 1.82) is 0 Å². The Kier molecular flexibility index (Phi) is 31.1. The van der Waals surface area contributed by atoms with E-state index in [-0.39, 0.29) is 25.4 Å². The van der Waals surface area contributed by atoms with Gasteiger partial charge in [0.15, 0.2) is 0 Å². The summed E-state index contributed by atoms with van der Waals surface area (Å²) in [6.45, 7) is 17.9. The van der Waals surface area contributed by atoms with Gasteiger partial charge in [-0.25, -0.2) is 0 Å². The highest BCUT2D eigenvalue weighted by Crippen LogP contribution is 2.52. The number of benzene rings is 2. The van der Waals surface area contributed by atoms with E-state index in [0.29, 0.717) is 155 Å². The van der Waals surface area contributed by atoms with Gasteiger partial charge in [0.05, 0.1) is 183 Å². The molecule has 17 heteroatoms. The van der Waals surface area contributed by atoms with Gasteiger partial charge in [0.1, 0.15) is 23.0 Å². The molecule has 0 amide bonds. The Hall–Kier alpha value is -3.14. The number of methoxy groups -OCH3 is 4. The first-order chi connectivity index (χ1) is 31.9. The lowest BCUT2D eigenvalue weighted by atomic mass is 10.00. The van der Waals surface area contributed by atoms with Crippen LogP contribution in [0.2, 0.25) is 0 Å². The fraction of sp³-hybridized carbons (Fsp3) is 0.667. The quantitative estimate of drug-likeness (QED) is 0.0530. The van der Waals surface area contributed by atoms with Crippen LogP contribution in [0.15, 0.2) is 36.4 Å². The molecule has 370 valence electrons. The van der Waals surface area contributed by atoms with Crippen LogP contribution in [0, 0.1) is 0 Å². The van der Waals surface area contributed by atoms with E-state index in [4.69, 9.17) is 75.8 Å². The van der Waals surface area contributed by atoms with Crippen molar-refractivity contribution in [1.82, 2.24) is 0 Å². The van der Waals surface area contributed by atoms with E-state index >= 15 is 0 Å². The van der Waals surface area contributed by atoms with Crippen LogP contribution in [-0.4, -0.2) is 173 Å². The van der Waals surface area contributed by atoms with E-state index in [1.165, 1.54) is 0 Å². The van der Waals surface area contributed by atoms with E-state index < -0.39 is 0 Å². The Labute approximate surface area is 391 Å². The molecule has 0 saturated carbocycles. The molecule has 0 spiro atoms. The standard InChI is InChI=1S/C48H76O16S/c1-37(2)63-43-13-9-11-41(51-7)45(43)47-39(35-61-33-31-59-29-27-57-25-23-55-21-19-53-17-15-49-5)40(48(65-47)46-42(52-8)12-10-14-44(46)64-38(3)4)36-62-34-32-60-30-28-58-26-24-56-22-20-54-18-16-50-6/h9-14,37-38H,15-36H2,1-8H3. The zero-order chi connectivity index (χ0) is 46.7. The molecule has 2 aromatic carbocycles. The zero-order valence-electron chi connectivity index (χ0n) is 40.1. The first kappa shape index (κ1) is 56.2. The van der Waals surface area contributed by atoms with Crippen molar-refractivity contribution in [2.45, 2.75) is 53.1 Å². The van der Waals surface area contributed by atoms with Gasteiger partial charge in [0.2, 0.25) is 0 Å². The molecule has 0 unspecified atom stereocenters. The van der Waals surface area contributed by atoms with Crippen LogP contribution in [-0.2, 0) is 70.1 Å². The summed E-state index contributed by atoms with van der Waals surface area (Å²) in [7, 11) is 6.62. The van der Waals surface area contributed by atoms with Gasteiger partial charge in [-0.2, -0.15) is 0 Å². The molecule has 1 heterocycles. The summed E-state index contributed by atoms with van der Waals surface area (Å²) in [5, 5.41) is 0. The molecule has 1 aromatic heterocycles. The van der Waals surface area contributed by atoms with E-state index in [1.807, 2.05) is 64.1 Å². The minimum absolute atomic E-state index is 0.0854. The Bertz CT molecular complexity index is 1520. The minimum Gasteiger partial charge on any atom is -0.496 e. The summed E-state index contributed by atoms with van der Waals surface area (Å²) in [4.78, 5) is 1.84. The van der Waals surface area contributed by atoms with Crippen LogP contribution < -0.4 is 18.9 Å². The van der Waals surface area contributed by atoms with Gasteiger partial charge in [0.25, 0.3) is 0 Å². The van der Waals surface area contributed by atoms with Crippen LogP contribution >= 0.6 is 11.3 Å². The maximum atomic E-state index is 6.42. The van der Waals surface area contributed by atoms with E-state index in [1.54, 1.807) is 39.8 Å². The fourth-order valence-electron chi connectivity index (χ4n) is 6.11. The molecule has 0 aliphatic carbocycles. The molecular weight excluding hydrogens is 865 g/mol. The molecule has 0 aliphatic heterocycles. The van der Waals surface area contributed by atoms with Crippen molar-refractivity contribution in [3.05, 3.63) is 47.5 Å². The van der Waals surface area contributed by atoms with Crippen molar-refractivity contribution < 1.29 is 75.8 Å². The monoisotopic (exact) mass is 940 g/mol. The molecular formula is C48H76O16S. The smallest absolute Gasteiger partial charge is 0.132 e. The Balaban J connectivity index is 1.75. The van der Waals surface area contributed by atoms with Crippen molar-refractivity contribution in [2.24, 2.45) is 0 Å². The molecule has 0 fully saturated rings. The molecule has 0 saturated heterocycles. The first-order valence-corrected chi connectivity index (χ1v) is 23.3. The second-order valence-corrected chi connectivity index (χ2v) is 15.7. The van der Waals surface area contributed by atoms with Gasteiger partial charge in [-0.05, 0) is 52.0 Å². The lowest BCUT2D eigenvalue weighted by molar-refractivity contribution is -0.0167. The first-order valence-electron chi connectivity index (χ1n) is 22.4. The van der Waals surface area contributed by atoms with Gasteiger partial charge in [-0.1, -0.05) is 12.1 Å². The molecule has 0 aliphatic rings. The second-order valence-electron chi connectivity index (χ2n) is 14.7. The Morgan fingerprint density at radius 1 is 0.354 bits per heavy atom. The third kappa shape index (κ3) is 22.5. The van der Waals surface area contributed by atoms with E-state index in [9.17, 15) is 0 Å². The highest BCUT2D eigenvalue weighted by atomic mass is 32.1. The van der Waals surface area contributed by atoms with Gasteiger partial charge in [0, 0.05) is 35.1 Å². The van der Waals surface area contributed by atoms with Crippen LogP contribution in [0.4, 0.5) is 0 Å². The Morgan fingerprint density at radius 2 is 0.615 bits per heavy atom. The maximum absolute atomic E-state index is 6.42. The lowest BCUT2D eigenvalue weighted by Gasteiger charge is -2.18. The van der Waals surface area contributed by atoms with Crippen LogP contribution in [0.1, 0.15) is 38.8 Å². The van der Waals surface area contributed by atoms with E-state index in [2.05, 4.69) is 0 Å². The normalized spacial score (nSPS) is 11.6. The van der Waals surface area contributed by atoms with Crippen LogP contribution in [0.25, 0.3) is 20.9 Å². The molecule has 0 radical (unpaired) electrons. The second kappa shape index (κ2) is 36.0. The summed E-state index contributed by atoms with van der Waals surface area (Å²) in [5.41, 5.74) is 3.49. The van der Waals surface area contributed by atoms with Crippen molar-refractivity contribution >= 4 is 11.3 Å². The third-order valence-corrected chi connectivity index (χ3v) is 10.4. The highest BCUT2D eigenvalue weighted by Gasteiger charge is 2.29. The largest absolute Gasteiger partial charge is 0.496 e. The topological polar surface area (TPSA) is 148 Å². The van der Waals surface area contributed by atoms with Gasteiger partial charge in [-0.3, -0.25) is 0 Å². The summed E-state index contributed by atoms with van der Waals surface area (Å²) >= 11 is 1.59. The Morgan fingerprint density at radius 3 is 0.877 bits per heavy atom. The molecule has 0 N–H and O–H groups in total. The average molecular weight is 941 g/mol. The minimum atomic E-state index is -0.0854. The third-order valence-electron chi connectivity index (χ3n) is 9.04. The maximum Gasteiger partial charge on any atom is 0.132 e. The molecule has 65 heavy (non-hydrogen) atoms. The summed E-state index contributed by atoms with van der Waals surface area (Å²) < 4.78 is 92.5. The molecule has 16 nitrogen and oxygen atoms in total. The molecule has 0 atom stereocenters. The van der Waals surface area contributed by atoms with E-state index in [0.717, 1.165) is 32.0 Å². The zero-order valence-corrected chi connectivity index (χ0v) is 40.9. The van der Waals surface area contributed by atoms with Crippen molar-refractivity contribution in [2.75, 3.05) is 161 Å². The number of rotatable bonds is 42. The number of hydrogen-bond donors (Lipinski definition) is 0. The number of ether oxygens (including phenoxy) is 16. The lowest BCUT2D eigenvalue weighted by Crippen LogP contribution is -2.14. The van der Waals surface area contributed by atoms with Crippen molar-refractivity contribution in [3.8, 4) is 43.9 Å². The number of thiophene rings is 1. The predicted octanol–water partition coefficient (Wildman–Crippen LogP) is 7.13. The van der Waals surface area contributed by atoms with Crippen molar-refractivity contribution in [3.63, 3.8) is 0 Å². The average Bonchev–Trinajstić information content (AvgIpc) is 3.64. The number of hydrogen-bond acceptors (Lipinski definition) is 17. The molecule has 3 rings (SSSR count). The van der Waals surface area contributed by atoms with Crippen LogP contribution in [0.3, 0.4) is 0 Å².